The molecule has 5 nitrogen and oxygen atoms in total. The number of amides is 1. The van der Waals surface area contributed by atoms with Crippen LogP contribution >= 0.6 is 11.6 Å². The summed E-state index contributed by atoms with van der Waals surface area (Å²) >= 11 is 6.07. The monoisotopic (exact) mass is 567 g/mol. The van der Waals surface area contributed by atoms with Crippen LogP contribution in [0.15, 0.2) is 42.5 Å². The number of rotatable bonds is 5. The number of hydrogen-bond acceptors (Lipinski definition) is 3. The molecule has 0 bridgehead atoms. The van der Waals surface area contributed by atoms with Crippen LogP contribution in [0.5, 0.6) is 0 Å². The van der Waals surface area contributed by atoms with Crippen LogP contribution in [0.4, 0.5) is 17.6 Å². The number of aliphatic hydroxyl groups is 1. The van der Waals surface area contributed by atoms with Gasteiger partial charge in [0.15, 0.2) is 0 Å². The lowest BCUT2D eigenvalue weighted by molar-refractivity contribution is -0.228. The third-order valence-corrected chi connectivity index (χ3v) is 9.45. The number of carboxylic acids is 1. The van der Waals surface area contributed by atoms with Crippen molar-refractivity contribution in [3.63, 3.8) is 0 Å². The van der Waals surface area contributed by atoms with Gasteiger partial charge in [0.2, 0.25) is 5.67 Å². The van der Waals surface area contributed by atoms with Crippen molar-refractivity contribution >= 4 is 23.5 Å². The van der Waals surface area contributed by atoms with Gasteiger partial charge in [0.05, 0.1) is 5.92 Å². The van der Waals surface area contributed by atoms with Gasteiger partial charge in [-0.25, -0.2) is 4.39 Å². The molecule has 210 valence electrons. The Morgan fingerprint density at radius 1 is 1.05 bits per heavy atom. The summed E-state index contributed by atoms with van der Waals surface area (Å²) in [6, 6.07) is 10.8. The van der Waals surface area contributed by atoms with Gasteiger partial charge < -0.3 is 15.1 Å². The third kappa shape index (κ3) is 4.61. The summed E-state index contributed by atoms with van der Waals surface area (Å²) in [6.45, 7) is 0.846. The van der Waals surface area contributed by atoms with E-state index in [0.29, 0.717) is 36.9 Å². The smallest absolute Gasteiger partial charge is 0.426 e. The highest BCUT2D eigenvalue weighted by atomic mass is 35.5. The largest absolute Gasteiger partial charge is 0.481 e. The molecule has 3 aliphatic rings. The second-order valence-electron chi connectivity index (χ2n) is 11.4. The van der Waals surface area contributed by atoms with E-state index in [1.54, 1.807) is 23.1 Å². The maximum atomic E-state index is 14.9. The number of carboxylic acid groups (broad SMARTS) is 1. The molecule has 3 unspecified atom stereocenters. The predicted molar refractivity (Wildman–Crippen MR) is 136 cm³/mol. The van der Waals surface area contributed by atoms with Crippen LogP contribution in [0.25, 0.3) is 0 Å². The van der Waals surface area contributed by atoms with E-state index in [9.17, 15) is 37.4 Å². The molecular formula is C29H30ClF4NO4. The van der Waals surface area contributed by atoms with Crippen LogP contribution in [0.1, 0.15) is 61.3 Å². The number of nitrogens with zero attached hydrogens (tertiary/aromatic N) is 1. The van der Waals surface area contributed by atoms with Gasteiger partial charge in [-0.15, -0.1) is 0 Å². The lowest BCUT2D eigenvalue weighted by Gasteiger charge is -2.39. The first-order valence-electron chi connectivity index (χ1n) is 13.1. The fourth-order valence-electron chi connectivity index (χ4n) is 6.81. The molecule has 2 aromatic carbocycles. The molecule has 39 heavy (non-hydrogen) atoms. The van der Waals surface area contributed by atoms with E-state index in [-0.39, 0.29) is 32.1 Å². The highest BCUT2D eigenvalue weighted by Gasteiger charge is 2.58. The lowest BCUT2D eigenvalue weighted by atomic mass is 9.73. The molecule has 10 heteroatoms. The first kappa shape index (κ1) is 27.9. The van der Waals surface area contributed by atoms with E-state index < -0.39 is 52.3 Å². The van der Waals surface area contributed by atoms with Crippen molar-refractivity contribution in [3.05, 3.63) is 69.7 Å². The van der Waals surface area contributed by atoms with Gasteiger partial charge in [0.1, 0.15) is 5.60 Å². The Morgan fingerprint density at radius 3 is 2.28 bits per heavy atom. The van der Waals surface area contributed by atoms with Crippen LogP contribution in [-0.2, 0) is 33.5 Å². The Labute approximate surface area is 228 Å². The van der Waals surface area contributed by atoms with Crippen LogP contribution in [-0.4, -0.2) is 51.4 Å². The summed E-state index contributed by atoms with van der Waals surface area (Å²) in [5.74, 6) is -2.04. The molecule has 5 rings (SSSR count). The SMILES string of the molecule is CC(F)(c1ccc2c(c1)CC1N(C(=O)C3(O)CCC(C(=O)O)CC3)CCC21Cc1ccc(Cl)cc1)C(F)(F)F. The van der Waals surface area contributed by atoms with Crippen molar-refractivity contribution in [2.24, 2.45) is 5.92 Å². The van der Waals surface area contributed by atoms with E-state index >= 15 is 0 Å². The van der Waals surface area contributed by atoms with Gasteiger partial charge >= 0.3 is 12.1 Å². The Hall–Kier alpha value is -2.65. The summed E-state index contributed by atoms with van der Waals surface area (Å²) in [4.78, 5) is 26.8. The molecule has 1 saturated heterocycles. The molecule has 2 aliphatic carbocycles. The van der Waals surface area contributed by atoms with E-state index in [0.717, 1.165) is 11.1 Å². The fraction of sp³-hybridized carbons (Fsp3) is 0.517. The first-order chi connectivity index (χ1) is 18.2. The summed E-state index contributed by atoms with van der Waals surface area (Å²) in [5.41, 5.74) is -4.09. The van der Waals surface area contributed by atoms with Crippen molar-refractivity contribution in [2.45, 2.75) is 80.8 Å². The van der Waals surface area contributed by atoms with Crippen LogP contribution < -0.4 is 0 Å². The lowest BCUT2D eigenvalue weighted by Crippen LogP contribution is -2.54. The highest BCUT2D eigenvalue weighted by Crippen LogP contribution is 2.53. The van der Waals surface area contributed by atoms with E-state index in [1.807, 2.05) is 12.1 Å². The number of halogens is 5. The zero-order valence-corrected chi connectivity index (χ0v) is 22.2. The zero-order chi connectivity index (χ0) is 28.4. The van der Waals surface area contributed by atoms with Crippen LogP contribution in [0, 0.1) is 5.92 Å². The Kier molecular flexibility index (Phi) is 6.78. The Bertz CT molecular complexity index is 1290. The number of hydrogen-bond donors (Lipinski definition) is 2. The van der Waals surface area contributed by atoms with Gasteiger partial charge in [0, 0.05) is 23.0 Å². The molecule has 0 aromatic heterocycles. The molecule has 2 N–H and O–H groups in total. The maximum absolute atomic E-state index is 14.9. The van der Waals surface area contributed by atoms with Crippen molar-refractivity contribution < 1.29 is 37.4 Å². The van der Waals surface area contributed by atoms with Crippen molar-refractivity contribution in [2.75, 3.05) is 6.54 Å². The number of alkyl halides is 4. The number of fused-ring (bicyclic) bond motifs is 3. The predicted octanol–water partition coefficient (Wildman–Crippen LogP) is 5.73. The number of carbonyl (C=O) groups excluding carboxylic acids is 1. The Balaban J connectivity index is 1.51. The van der Waals surface area contributed by atoms with E-state index in [2.05, 4.69) is 0 Å². The topological polar surface area (TPSA) is 77.8 Å². The second-order valence-corrected chi connectivity index (χ2v) is 11.9. The standard InChI is InChI=1S/C29H30ClF4NO4/c1-26(31,29(32,33)34)20-4-7-22-19(14-20)15-23-27(22,16-17-2-5-21(30)6-3-17)12-13-35(23)25(38)28(39)10-8-18(9-11-28)24(36)37/h2-7,14,18,23,39H,8-13,15-16H2,1H3,(H,36,37). The molecule has 0 spiro atoms. The Morgan fingerprint density at radius 2 is 1.69 bits per heavy atom. The minimum absolute atomic E-state index is 0.0269. The van der Waals surface area contributed by atoms with Gasteiger partial charge in [-0.3, -0.25) is 9.59 Å². The quantitative estimate of drug-likeness (QED) is 0.452. The van der Waals surface area contributed by atoms with Gasteiger partial charge in [-0.1, -0.05) is 41.9 Å². The molecule has 2 fully saturated rings. The third-order valence-electron chi connectivity index (χ3n) is 9.20. The number of likely N-dealkylation sites (tertiary alicyclic amines) is 1. The van der Waals surface area contributed by atoms with E-state index in [1.165, 1.54) is 12.1 Å². The molecule has 2 aromatic rings. The van der Waals surface area contributed by atoms with Crippen molar-refractivity contribution in [1.29, 1.82) is 0 Å². The molecule has 0 radical (unpaired) electrons. The normalized spacial score (nSPS) is 30.0. The average Bonchev–Trinajstić information content (AvgIpc) is 3.37. The molecule has 3 atom stereocenters. The minimum atomic E-state index is -5.09. The van der Waals surface area contributed by atoms with Gasteiger partial charge in [-0.2, -0.15) is 13.2 Å². The average molecular weight is 568 g/mol. The second kappa shape index (κ2) is 9.47. The summed E-state index contributed by atoms with van der Waals surface area (Å²) in [7, 11) is 0. The van der Waals surface area contributed by atoms with Gasteiger partial charge in [-0.05, 0) is 86.3 Å². The first-order valence-corrected chi connectivity index (χ1v) is 13.5. The zero-order valence-electron chi connectivity index (χ0n) is 21.4. The van der Waals surface area contributed by atoms with Gasteiger partial charge in [0.25, 0.3) is 5.91 Å². The van der Waals surface area contributed by atoms with Crippen molar-refractivity contribution in [1.82, 2.24) is 4.90 Å². The summed E-state index contributed by atoms with van der Waals surface area (Å²) in [6.07, 6.45) is -3.45. The molecule has 1 aliphatic heterocycles. The highest BCUT2D eigenvalue weighted by molar-refractivity contribution is 6.30. The van der Waals surface area contributed by atoms with E-state index in [4.69, 9.17) is 11.6 Å². The summed E-state index contributed by atoms with van der Waals surface area (Å²) in [5, 5.41) is 21.2. The van der Waals surface area contributed by atoms with Crippen LogP contribution in [0.2, 0.25) is 5.02 Å². The molecular weight excluding hydrogens is 538 g/mol. The molecule has 1 heterocycles. The van der Waals surface area contributed by atoms with Crippen molar-refractivity contribution in [3.8, 4) is 0 Å². The minimum Gasteiger partial charge on any atom is -0.481 e. The molecule has 1 amide bonds. The number of benzene rings is 2. The number of aliphatic carboxylic acids is 1. The van der Waals surface area contributed by atoms with Crippen LogP contribution in [0.3, 0.4) is 0 Å². The summed E-state index contributed by atoms with van der Waals surface area (Å²) < 4.78 is 55.3. The molecule has 1 saturated carbocycles. The maximum Gasteiger partial charge on any atom is 0.426 e. The fourth-order valence-corrected chi connectivity index (χ4v) is 6.93. The number of carbonyl (C=O) groups is 2.